The third kappa shape index (κ3) is 2.74. The molecular formula is C13H12ClNO3. The monoisotopic (exact) mass is 265 g/mol. The van der Waals surface area contributed by atoms with E-state index in [9.17, 15) is 4.79 Å². The SMILES string of the molecule is COC(=O)C(Oc1ccc(C#N)cc1Cl)C1CC1. The molecule has 0 saturated heterocycles. The van der Waals surface area contributed by atoms with Crippen LogP contribution in [0.3, 0.4) is 0 Å². The summed E-state index contributed by atoms with van der Waals surface area (Å²) >= 11 is 6.00. The summed E-state index contributed by atoms with van der Waals surface area (Å²) in [5.41, 5.74) is 0.452. The van der Waals surface area contributed by atoms with E-state index in [1.165, 1.54) is 13.2 Å². The van der Waals surface area contributed by atoms with Crippen molar-refractivity contribution in [2.75, 3.05) is 7.11 Å². The third-order valence-corrected chi connectivity index (χ3v) is 3.09. The Morgan fingerprint density at radius 1 is 1.56 bits per heavy atom. The highest BCUT2D eigenvalue weighted by Gasteiger charge is 2.39. The molecule has 94 valence electrons. The van der Waals surface area contributed by atoms with Gasteiger partial charge in [0.2, 0.25) is 0 Å². The van der Waals surface area contributed by atoms with Gasteiger partial charge in [-0.05, 0) is 31.0 Å². The Hall–Kier alpha value is -1.73. The first-order chi connectivity index (χ1) is 8.65. The number of hydrogen-bond donors (Lipinski definition) is 0. The molecule has 1 atom stereocenters. The minimum atomic E-state index is -0.611. The van der Waals surface area contributed by atoms with Crippen LogP contribution in [-0.4, -0.2) is 19.2 Å². The average molecular weight is 266 g/mol. The summed E-state index contributed by atoms with van der Waals surface area (Å²) in [7, 11) is 1.33. The number of esters is 1. The first-order valence-corrected chi connectivity index (χ1v) is 5.97. The number of nitrogens with zero attached hydrogens (tertiary/aromatic N) is 1. The maximum Gasteiger partial charge on any atom is 0.347 e. The summed E-state index contributed by atoms with van der Waals surface area (Å²) in [5, 5.41) is 9.06. The number of halogens is 1. The van der Waals surface area contributed by atoms with Gasteiger partial charge in [-0.2, -0.15) is 5.26 Å². The largest absolute Gasteiger partial charge is 0.477 e. The number of hydrogen-bond acceptors (Lipinski definition) is 4. The molecule has 0 heterocycles. The van der Waals surface area contributed by atoms with Crippen molar-refractivity contribution in [3.8, 4) is 11.8 Å². The fourth-order valence-electron chi connectivity index (χ4n) is 1.65. The van der Waals surface area contributed by atoms with E-state index in [-0.39, 0.29) is 5.92 Å². The van der Waals surface area contributed by atoms with Crippen LogP contribution in [0.15, 0.2) is 18.2 Å². The summed E-state index contributed by atoms with van der Waals surface area (Å²) in [6, 6.07) is 6.69. The minimum Gasteiger partial charge on any atom is -0.477 e. The highest BCUT2D eigenvalue weighted by atomic mass is 35.5. The third-order valence-electron chi connectivity index (χ3n) is 2.80. The summed E-state index contributed by atoms with van der Waals surface area (Å²) in [4.78, 5) is 11.6. The number of benzene rings is 1. The summed E-state index contributed by atoms with van der Waals surface area (Å²) in [6.07, 6.45) is 1.29. The van der Waals surface area contributed by atoms with E-state index >= 15 is 0 Å². The van der Waals surface area contributed by atoms with Crippen molar-refractivity contribution in [3.63, 3.8) is 0 Å². The normalized spacial score (nSPS) is 15.6. The molecular weight excluding hydrogens is 254 g/mol. The Labute approximate surface area is 110 Å². The van der Waals surface area contributed by atoms with Gasteiger partial charge in [-0.3, -0.25) is 0 Å². The van der Waals surface area contributed by atoms with Crippen LogP contribution in [0.25, 0.3) is 0 Å². The van der Waals surface area contributed by atoms with Gasteiger partial charge >= 0.3 is 5.97 Å². The second-order valence-corrected chi connectivity index (χ2v) is 4.56. The Balaban J connectivity index is 2.16. The van der Waals surface area contributed by atoms with Crippen LogP contribution in [0, 0.1) is 17.2 Å². The maximum absolute atomic E-state index is 11.6. The van der Waals surface area contributed by atoms with E-state index in [0.29, 0.717) is 16.3 Å². The molecule has 0 spiro atoms. The minimum absolute atomic E-state index is 0.198. The quantitative estimate of drug-likeness (QED) is 0.785. The molecule has 1 aromatic carbocycles. The van der Waals surface area contributed by atoms with Gasteiger partial charge in [0, 0.05) is 5.92 Å². The number of methoxy groups -OCH3 is 1. The lowest BCUT2D eigenvalue weighted by Gasteiger charge is -2.17. The molecule has 1 aromatic rings. The van der Waals surface area contributed by atoms with Crippen LogP contribution < -0.4 is 4.74 Å². The van der Waals surface area contributed by atoms with Crippen molar-refractivity contribution in [2.45, 2.75) is 18.9 Å². The number of carbonyl (C=O) groups is 1. The van der Waals surface area contributed by atoms with Crippen LogP contribution in [-0.2, 0) is 9.53 Å². The smallest absolute Gasteiger partial charge is 0.347 e. The number of nitriles is 1. The van der Waals surface area contributed by atoms with Crippen molar-refractivity contribution in [2.24, 2.45) is 5.92 Å². The lowest BCUT2D eigenvalue weighted by atomic mass is 10.2. The number of rotatable bonds is 4. The molecule has 0 radical (unpaired) electrons. The topological polar surface area (TPSA) is 59.3 Å². The van der Waals surface area contributed by atoms with Gasteiger partial charge in [0.25, 0.3) is 0 Å². The molecule has 0 N–H and O–H groups in total. The lowest BCUT2D eigenvalue weighted by molar-refractivity contribution is -0.149. The fourth-order valence-corrected chi connectivity index (χ4v) is 1.88. The lowest BCUT2D eigenvalue weighted by Crippen LogP contribution is -2.30. The highest BCUT2D eigenvalue weighted by Crippen LogP contribution is 2.37. The molecule has 0 amide bonds. The predicted octanol–water partition coefficient (Wildman–Crippen LogP) is 2.54. The van der Waals surface area contributed by atoms with E-state index < -0.39 is 12.1 Å². The van der Waals surface area contributed by atoms with E-state index in [4.69, 9.17) is 26.3 Å². The zero-order chi connectivity index (χ0) is 13.1. The van der Waals surface area contributed by atoms with Crippen LogP contribution in [0.5, 0.6) is 5.75 Å². The van der Waals surface area contributed by atoms with E-state index in [2.05, 4.69) is 0 Å². The van der Waals surface area contributed by atoms with Gasteiger partial charge in [0.1, 0.15) is 5.75 Å². The number of ether oxygens (including phenoxy) is 2. The Bertz CT molecular complexity index is 505. The first kappa shape index (κ1) is 12.7. The zero-order valence-corrected chi connectivity index (χ0v) is 10.6. The fraction of sp³-hybridized carbons (Fsp3) is 0.385. The van der Waals surface area contributed by atoms with Gasteiger partial charge in [-0.25, -0.2) is 4.79 Å². The first-order valence-electron chi connectivity index (χ1n) is 5.60. The van der Waals surface area contributed by atoms with Gasteiger partial charge in [-0.15, -0.1) is 0 Å². The van der Waals surface area contributed by atoms with Gasteiger partial charge < -0.3 is 9.47 Å². The summed E-state index contributed by atoms with van der Waals surface area (Å²) < 4.78 is 10.3. The van der Waals surface area contributed by atoms with Crippen LogP contribution in [0.4, 0.5) is 0 Å². The van der Waals surface area contributed by atoms with Crippen LogP contribution >= 0.6 is 11.6 Å². The van der Waals surface area contributed by atoms with E-state index in [0.717, 1.165) is 12.8 Å². The Morgan fingerprint density at radius 3 is 2.78 bits per heavy atom. The predicted molar refractivity (Wildman–Crippen MR) is 65.3 cm³/mol. The molecule has 1 aliphatic rings. The molecule has 5 heteroatoms. The Kier molecular flexibility index (Phi) is 3.73. The van der Waals surface area contributed by atoms with Gasteiger partial charge in [-0.1, -0.05) is 11.6 Å². The maximum atomic E-state index is 11.6. The average Bonchev–Trinajstić information content (AvgIpc) is 3.20. The summed E-state index contributed by atoms with van der Waals surface area (Å²) in [6.45, 7) is 0. The van der Waals surface area contributed by atoms with Gasteiger partial charge in [0.15, 0.2) is 6.10 Å². The molecule has 1 saturated carbocycles. The molecule has 1 fully saturated rings. The van der Waals surface area contributed by atoms with Crippen LogP contribution in [0.1, 0.15) is 18.4 Å². The Morgan fingerprint density at radius 2 is 2.28 bits per heavy atom. The van der Waals surface area contributed by atoms with Crippen molar-refractivity contribution in [1.82, 2.24) is 0 Å². The molecule has 18 heavy (non-hydrogen) atoms. The number of carbonyl (C=O) groups excluding carboxylic acids is 1. The molecule has 0 bridgehead atoms. The van der Waals surface area contributed by atoms with Crippen molar-refractivity contribution in [3.05, 3.63) is 28.8 Å². The standard InChI is InChI=1S/C13H12ClNO3/c1-17-13(16)12(9-3-4-9)18-11-5-2-8(7-15)6-10(11)14/h2,5-6,9,12H,3-4H2,1H3. The highest BCUT2D eigenvalue weighted by molar-refractivity contribution is 6.32. The van der Waals surface area contributed by atoms with Crippen molar-refractivity contribution in [1.29, 1.82) is 5.26 Å². The van der Waals surface area contributed by atoms with Crippen LogP contribution in [0.2, 0.25) is 5.02 Å². The second-order valence-electron chi connectivity index (χ2n) is 4.16. The molecule has 1 unspecified atom stereocenters. The molecule has 4 nitrogen and oxygen atoms in total. The summed E-state index contributed by atoms with van der Waals surface area (Å²) in [5.74, 6) is 0.208. The van der Waals surface area contributed by atoms with Crippen molar-refractivity contribution >= 4 is 17.6 Å². The van der Waals surface area contributed by atoms with Crippen molar-refractivity contribution < 1.29 is 14.3 Å². The molecule has 0 aromatic heterocycles. The molecule has 2 rings (SSSR count). The van der Waals surface area contributed by atoms with Gasteiger partial charge in [0.05, 0.1) is 23.8 Å². The second kappa shape index (κ2) is 5.28. The molecule has 1 aliphatic carbocycles. The van der Waals surface area contributed by atoms with E-state index in [1.807, 2.05) is 6.07 Å². The zero-order valence-electron chi connectivity index (χ0n) is 9.85. The van der Waals surface area contributed by atoms with E-state index in [1.54, 1.807) is 12.1 Å². The molecule has 0 aliphatic heterocycles.